The smallest absolute Gasteiger partial charge is 0.253 e. The van der Waals surface area contributed by atoms with Gasteiger partial charge in [-0.1, -0.05) is 130 Å². The molecule has 0 radical (unpaired) electrons. The molecule has 60 heavy (non-hydrogen) atoms. The van der Waals surface area contributed by atoms with Crippen LogP contribution >= 0.6 is 7.14 Å². The van der Waals surface area contributed by atoms with Crippen LogP contribution in [0.25, 0.3) is 21.9 Å². The second kappa shape index (κ2) is 26.1. The Morgan fingerprint density at radius 2 is 1.32 bits per heavy atom. The van der Waals surface area contributed by atoms with Gasteiger partial charge in [0.2, 0.25) is 0 Å². The van der Waals surface area contributed by atoms with Crippen LogP contribution in [0, 0.1) is 0 Å². The summed E-state index contributed by atoms with van der Waals surface area (Å²) < 4.78 is 15.4. The standard InChI is InChI=1S/C48H80N7O4P/c1-7-11-13-14-15-16-17-18-19-20-21-22-23-24-25-32-50-42-45(47(57)46(42)56)54(35-28-33-53(5)6)34-26-27-36-59-55-41(29-12-8-2)52-43-44(55)39-31-30-38(60(58,9-3)10-4)37-40(39)51-48(43)49/h30-31,37,50H,7-29,32-36H2,1-6H3,(H2,49,51). The number of anilines is 3. The molecule has 0 aliphatic rings. The molecule has 4 aromatic rings. The maximum atomic E-state index is 13.6. The van der Waals surface area contributed by atoms with Crippen LogP contribution in [0.1, 0.15) is 162 Å². The fourth-order valence-corrected chi connectivity index (χ4v) is 10.2. The molecule has 3 N–H and O–H groups in total. The van der Waals surface area contributed by atoms with Gasteiger partial charge in [0.05, 0.1) is 5.52 Å². The first kappa shape index (κ1) is 49.2. The molecule has 0 spiro atoms. The lowest BCUT2D eigenvalue weighted by Crippen LogP contribution is -2.44. The summed E-state index contributed by atoms with van der Waals surface area (Å²) in [6.45, 7) is 11.8. The Labute approximate surface area is 361 Å². The molecule has 4 rings (SSSR count). The Morgan fingerprint density at radius 3 is 1.92 bits per heavy atom. The van der Waals surface area contributed by atoms with E-state index in [0.717, 1.165) is 79.9 Å². The number of unbranched alkanes of at least 4 members (excludes halogenated alkanes) is 16. The summed E-state index contributed by atoms with van der Waals surface area (Å²) in [6, 6.07) is 5.88. The van der Waals surface area contributed by atoms with Gasteiger partial charge in [0.25, 0.3) is 10.9 Å². The van der Waals surface area contributed by atoms with E-state index in [0.29, 0.717) is 66.8 Å². The molecule has 0 aliphatic carbocycles. The number of rotatable bonds is 34. The number of nitrogens with one attached hydrogen (secondary N) is 1. The number of hydrogen-bond donors (Lipinski definition) is 2. The van der Waals surface area contributed by atoms with Gasteiger partial charge in [-0.3, -0.25) is 9.59 Å². The van der Waals surface area contributed by atoms with Crippen molar-refractivity contribution >= 4 is 51.6 Å². The zero-order chi connectivity index (χ0) is 43.3. The van der Waals surface area contributed by atoms with Crippen molar-refractivity contribution in [3.05, 3.63) is 44.5 Å². The van der Waals surface area contributed by atoms with E-state index >= 15 is 0 Å². The third-order valence-electron chi connectivity index (χ3n) is 12.2. The topological polar surface area (TPSA) is 136 Å². The summed E-state index contributed by atoms with van der Waals surface area (Å²) >= 11 is 0. The van der Waals surface area contributed by atoms with Gasteiger partial charge in [-0.15, -0.1) is 0 Å². The number of aromatic nitrogens is 3. The second-order valence-corrected chi connectivity index (χ2v) is 20.8. The molecule has 0 saturated heterocycles. The molecule has 0 aliphatic heterocycles. The average molecular weight is 850 g/mol. The molecule has 0 unspecified atom stereocenters. The monoisotopic (exact) mass is 850 g/mol. The molecule has 2 aromatic carbocycles. The van der Waals surface area contributed by atoms with Crippen LogP contribution in [0.2, 0.25) is 0 Å². The molecule has 0 atom stereocenters. The van der Waals surface area contributed by atoms with Gasteiger partial charge >= 0.3 is 0 Å². The van der Waals surface area contributed by atoms with Crippen molar-refractivity contribution in [1.82, 2.24) is 19.6 Å². The van der Waals surface area contributed by atoms with Gasteiger partial charge in [0.1, 0.15) is 42.0 Å². The second-order valence-electron chi connectivity index (χ2n) is 17.3. The molecular weight excluding hydrogens is 770 g/mol. The van der Waals surface area contributed by atoms with Crippen molar-refractivity contribution in [3.8, 4) is 0 Å². The van der Waals surface area contributed by atoms with Crippen LogP contribution in [0.4, 0.5) is 17.2 Å². The minimum atomic E-state index is -2.50. The molecule has 2 heterocycles. The summed E-state index contributed by atoms with van der Waals surface area (Å²) in [6.07, 6.45) is 26.0. The van der Waals surface area contributed by atoms with Crippen molar-refractivity contribution in [3.63, 3.8) is 0 Å². The van der Waals surface area contributed by atoms with Crippen LogP contribution < -0.4 is 37.0 Å². The van der Waals surface area contributed by atoms with Gasteiger partial charge in [-0.25, -0.2) is 9.97 Å². The lowest BCUT2D eigenvalue weighted by Gasteiger charge is -2.28. The number of nitrogen functional groups attached to an aromatic ring is 1. The van der Waals surface area contributed by atoms with Crippen LogP contribution in [-0.2, 0) is 11.0 Å². The van der Waals surface area contributed by atoms with Gasteiger partial charge in [0.15, 0.2) is 5.82 Å². The van der Waals surface area contributed by atoms with Crippen LogP contribution in [0.3, 0.4) is 0 Å². The highest BCUT2D eigenvalue weighted by Crippen LogP contribution is 2.44. The SMILES string of the molecule is CCCCCCCCCCCCCCCCCNc1c(N(CCCCOn2c(CCCC)nc3c(N)nc4cc(P(=O)(CC)CC)ccc4c32)CCCN(C)C)c(=O)c1=O. The Morgan fingerprint density at radius 1 is 0.717 bits per heavy atom. The molecule has 0 fully saturated rings. The average Bonchev–Trinajstić information content (AvgIpc) is 3.62. The molecule has 11 nitrogen and oxygen atoms in total. The molecule has 0 amide bonds. The van der Waals surface area contributed by atoms with Crippen molar-refractivity contribution in [2.45, 2.75) is 163 Å². The fourth-order valence-electron chi connectivity index (χ4n) is 8.37. The molecule has 12 heteroatoms. The van der Waals surface area contributed by atoms with Crippen molar-refractivity contribution in [2.24, 2.45) is 0 Å². The van der Waals surface area contributed by atoms with Gasteiger partial charge in [-0.05, 0) is 64.9 Å². The maximum absolute atomic E-state index is 13.6. The van der Waals surface area contributed by atoms with E-state index < -0.39 is 7.14 Å². The summed E-state index contributed by atoms with van der Waals surface area (Å²) in [7, 11) is 1.60. The largest absolute Gasteiger partial charge is 0.412 e. The summed E-state index contributed by atoms with van der Waals surface area (Å²) in [4.78, 5) is 46.3. The quantitative estimate of drug-likeness (QED) is 0.0266. The van der Waals surface area contributed by atoms with Crippen molar-refractivity contribution in [1.29, 1.82) is 0 Å². The zero-order valence-corrected chi connectivity index (χ0v) is 39.3. The number of nitrogens with zero attached hydrogens (tertiary/aromatic N) is 5. The Kier molecular flexibility index (Phi) is 21.4. The summed E-state index contributed by atoms with van der Waals surface area (Å²) in [5, 5.41) is 5.06. The number of aryl methyl sites for hydroxylation is 1. The Bertz CT molecular complexity index is 1980. The predicted octanol–water partition coefficient (Wildman–Crippen LogP) is 10.1. The number of imidazole rings is 1. The number of pyridine rings is 1. The molecule has 336 valence electrons. The van der Waals surface area contributed by atoms with Crippen LogP contribution in [0.5, 0.6) is 0 Å². The first-order chi connectivity index (χ1) is 29.1. The lowest BCUT2D eigenvalue weighted by atomic mass is 10.0. The van der Waals surface area contributed by atoms with Crippen LogP contribution in [0.15, 0.2) is 27.8 Å². The van der Waals surface area contributed by atoms with E-state index in [1.54, 1.807) is 0 Å². The zero-order valence-electron chi connectivity index (χ0n) is 38.4. The van der Waals surface area contributed by atoms with Gasteiger partial charge < -0.3 is 30.3 Å². The van der Waals surface area contributed by atoms with Gasteiger partial charge in [0, 0.05) is 49.1 Å². The van der Waals surface area contributed by atoms with Crippen molar-refractivity contribution < 1.29 is 9.40 Å². The van der Waals surface area contributed by atoms with Gasteiger partial charge in [-0.2, -0.15) is 4.73 Å². The Balaban J connectivity index is 1.31. The normalized spacial score (nSPS) is 12.1. The van der Waals surface area contributed by atoms with E-state index in [-0.39, 0.29) is 10.9 Å². The lowest BCUT2D eigenvalue weighted by molar-refractivity contribution is 0.109. The minimum absolute atomic E-state index is 0.336. The summed E-state index contributed by atoms with van der Waals surface area (Å²) in [5.74, 6) is 1.14. The minimum Gasteiger partial charge on any atom is -0.412 e. The summed E-state index contributed by atoms with van der Waals surface area (Å²) in [5.41, 5.74) is 8.89. The molecular formula is C48H80N7O4P. The molecule has 0 bridgehead atoms. The number of hydrogen-bond acceptors (Lipinski definition) is 10. The highest BCUT2D eigenvalue weighted by molar-refractivity contribution is 7.71. The van der Waals surface area contributed by atoms with E-state index in [4.69, 9.17) is 20.5 Å². The van der Waals surface area contributed by atoms with E-state index in [2.05, 4.69) is 43.1 Å². The number of fused-ring (bicyclic) bond motifs is 3. The maximum Gasteiger partial charge on any atom is 0.253 e. The highest BCUT2D eigenvalue weighted by atomic mass is 31.2. The van der Waals surface area contributed by atoms with E-state index in [1.807, 2.05) is 36.8 Å². The molecule has 0 saturated carbocycles. The predicted molar refractivity (Wildman–Crippen MR) is 257 cm³/mol. The van der Waals surface area contributed by atoms with Crippen molar-refractivity contribution in [2.75, 3.05) is 75.2 Å². The molecule has 2 aromatic heterocycles. The first-order valence-electron chi connectivity index (χ1n) is 23.9. The fraction of sp³-hybridized carbons (Fsp3) is 0.708. The highest BCUT2D eigenvalue weighted by Gasteiger charge is 2.26. The van der Waals surface area contributed by atoms with Crippen LogP contribution in [-0.4, -0.2) is 78.8 Å². The third kappa shape index (κ3) is 14.1. The van der Waals surface area contributed by atoms with E-state index in [9.17, 15) is 14.2 Å². The number of nitrogens with two attached hydrogens (primary N) is 1. The number of benzene rings is 1. The Hall–Kier alpha value is -3.43. The third-order valence-corrected chi connectivity index (χ3v) is 15.5. The van der Waals surface area contributed by atoms with E-state index in [1.165, 1.54) is 83.5 Å². The first-order valence-corrected chi connectivity index (χ1v) is 26.0.